The van der Waals surface area contributed by atoms with Crippen molar-refractivity contribution in [1.29, 1.82) is 0 Å². The van der Waals surface area contributed by atoms with Gasteiger partial charge in [0.2, 0.25) is 0 Å². The van der Waals surface area contributed by atoms with Crippen LogP contribution < -0.4 is 11.1 Å². The number of nitrogens with zero attached hydrogens (tertiary/aromatic N) is 1. The van der Waals surface area contributed by atoms with Gasteiger partial charge >= 0.3 is 0 Å². The molecule has 4 N–H and O–H groups in total. The van der Waals surface area contributed by atoms with Gasteiger partial charge in [-0.1, -0.05) is 34.4 Å². The Balaban J connectivity index is 2.78. The second-order valence-electron chi connectivity index (χ2n) is 2.88. The van der Waals surface area contributed by atoms with Gasteiger partial charge in [0.25, 0.3) is 5.91 Å². The maximum atomic E-state index is 11.6. The Bertz CT molecular complexity index is 435. The van der Waals surface area contributed by atoms with Gasteiger partial charge in [-0.05, 0) is 12.1 Å². The molecular formula is C9H9Cl2N3O2. The van der Waals surface area contributed by atoms with Gasteiger partial charge in [0.05, 0.1) is 22.2 Å². The first-order valence-corrected chi connectivity index (χ1v) is 5.00. The molecule has 0 fully saturated rings. The van der Waals surface area contributed by atoms with Crippen LogP contribution in [0, 0.1) is 0 Å². The molecule has 0 radical (unpaired) electrons. The molecule has 1 amide bonds. The molecule has 0 aromatic heterocycles. The summed E-state index contributed by atoms with van der Waals surface area (Å²) < 4.78 is 0. The highest BCUT2D eigenvalue weighted by atomic mass is 35.5. The molecule has 0 aliphatic carbocycles. The molecule has 0 unspecified atom stereocenters. The van der Waals surface area contributed by atoms with E-state index in [2.05, 4.69) is 10.5 Å². The average molecular weight is 262 g/mol. The van der Waals surface area contributed by atoms with Crippen molar-refractivity contribution in [2.24, 2.45) is 10.9 Å². The van der Waals surface area contributed by atoms with Crippen LogP contribution in [0.5, 0.6) is 0 Å². The number of oxime groups is 1. The van der Waals surface area contributed by atoms with E-state index in [1.54, 1.807) is 12.1 Å². The van der Waals surface area contributed by atoms with Crippen molar-refractivity contribution in [3.63, 3.8) is 0 Å². The number of amides is 1. The third-order valence-corrected chi connectivity index (χ3v) is 2.57. The van der Waals surface area contributed by atoms with Crippen molar-refractivity contribution in [2.45, 2.75) is 0 Å². The third-order valence-electron chi connectivity index (χ3n) is 1.75. The molecule has 86 valence electrons. The minimum atomic E-state index is -0.445. The van der Waals surface area contributed by atoms with E-state index < -0.39 is 5.91 Å². The van der Waals surface area contributed by atoms with E-state index in [1.165, 1.54) is 6.07 Å². The van der Waals surface area contributed by atoms with Gasteiger partial charge < -0.3 is 16.3 Å². The van der Waals surface area contributed by atoms with E-state index in [1.807, 2.05) is 0 Å². The quantitative estimate of drug-likeness (QED) is 0.333. The lowest BCUT2D eigenvalue weighted by molar-refractivity contribution is 0.0959. The number of halogens is 2. The second kappa shape index (κ2) is 5.58. The molecule has 7 heteroatoms. The standard InChI is InChI=1S/C9H9Cl2N3O2/c10-6-3-1-2-5(8(6)11)9(15)13-4-7(12)14-16/h1-3,16H,4H2,(H2,12,14)(H,13,15). The summed E-state index contributed by atoms with van der Waals surface area (Å²) in [6.45, 7) is -0.0713. The van der Waals surface area contributed by atoms with E-state index in [4.69, 9.17) is 34.1 Å². The van der Waals surface area contributed by atoms with Crippen molar-refractivity contribution >= 4 is 34.9 Å². The number of amidine groups is 1. The van der Waals surface area contributed by atoms with Gasteiger partial charge in [0.15, 0.2) is 5.84 Å². The smallest absolute Gasteiger partial charge is 0.253 e. The lowest BCUT2D eigenvalue weighted by atomic mass is 10.2. The molecule has 0 bridgehead atoms. The first kappa shape index (κ1) is 12.6. The van der Waals surface area contributed by atoms with Crippen LogP contribution in [0.2, 0.25) is 10.0 Å². The fraction of sp³-hybridized carbons (Fsp3) is 0.111. The summed E-state index contributed by atoms with van der Waals surface area (Å²) in [5.41, 5.74) is 5.43. The molecule has 1 aromatic rings. The van der Waals surface area contributed by atoms with E-state index in [-0.39, 0.29) is 28.0 Å². The van der Waals surface area contributed by atoms with Crippen LogP contribution in [-0.4, -0.2) is 23.5 Å². The highest BCUT2D eigenvalue weighted by Gasteiger charge is 2.12. The van der Waals surface area contributed by atoms with Crippen LogP contribution >= 0.6 is 23.2 Å². The number of nitrogens with one attached hydrogen (secondary N) is 1. The van der Waals surface area contributed by atoms with Crippen molar-refractivity contribution in [3.05, 3.63) is 33.8 Å². The van der Waals surface area contributed by atoms with Crippen molar-refractivity contribution in [3.8, 4) is 0 Å². The van der Waals surface area contributed by atoms with Crippen LogP contribution in [0.4, 0.5) is 0 Å². The Labute approximate surface area is 102 Å². The molecular weight excluding hydrogens is 253 g/mol. The molecule has 0 aliphatic heterocycles. The number of carbonyl (C=O) groups excluding carboxylic acids is 1. The van der Waals surface area contributed by atoms with Gasteiger partial charge in [0, 0.05) is 0 Å². The molecule has 0 heterocycles. The minimum absolute atomic E-state index is 0.0713. The molecule has 0 spiro atoms. The van der Waals surface area contributed by atoms with Crippen LogP contribution in [0.15, 0.2) is 23.4 Å². The number of hydrogen-bond donors (Lipinski definition) is 3. The van der Waals surface area contributed by atoms with Gasteiger partial charge in [-0.15, -0.1) is 0 Å². The summed E-state index contributed by atoms with van der Waals surface area (Å²) in [5.74, 6) is -0.550. The summed E-state index contributed by atoms with van der Waals surface area (Å²) in [5, 5.41) is 13.9. The summed E-state index contributed by atoms with van der Waals surface area (Å²) >= 11 is 11.6. The Kier molecular flexibility index (Phi) is 4.39. The monoisotopic (exact) mass is 261 g/mol. The summed E-state index contributed by atoms with van der Waals surface area (Å²) in [6.07, 6.45) is 0. The molecule has 0 aliphatic rings. The highest BCUT2D eigenvalue weighted by molar-refractivity contribution is 6.43. The zero-order chi connectivity index (χ0) is 12.1. The van der Waals surface area contributed by atoms with Gasteiger partial charge in [-0.2, -0.15) is 0 Å². The fourth-order valence-corrected chi connectivity index (χ4v) is 1.37. The summed E-state index contributed by atoms with van der Waals surface area (Å²) in [4.78, 5) is 11.6. The zero-order valence-electron chi connectivity index (χ0n) is 8.08. The Morgan fingerprint density at radius 3 is 2.81 bits per heavy atom. The molecule has 1 aromatic carbocycles. The maximum absolute atomic E-state index is 11.6. The summed E-state index contributed by atoms with van der Waals surface area (Å²) in [6, 6.07) is 4.70. The molecule has 0 saturated carbocycles. The van der Waals surface area contributed by atoms with Crippen molar-refractivity contribution in [1.82, 2.24) is 5.32 Å². The van der Waals surface area contributed by atoms with Crippen LogP contribution in [0.25, 0.3) is 0 Å². The van der Waals surface area contributed by atoms with Gasteiger partial charge in [0.1, 0.15) is 0 Å². The largest absolute Gasteiger partial charge is 0.409 e. The predicted octanol–water partition coefficient (Wildman–Crippen LogP) is 1.47. The molecule has 0 atom stereocenters. The van der Waals surface area contributed by atoms with Crippen LogP contribution in [-0.2, 0) is 0 Å². The number of rotatable bonds is 3. The number of hydrogen-bond acceptors (Lipinski definition) is 3. The van der Waals surface area contributed by atoms with Crippen LogP contribution in [0.1, 0.15) is 10.4 Å². The maximum Gasteiger partial charge on any atom is 0.253 e. The average Bonchev–Trinajstić information content (AvgIpc) is 2.29. The lowest BCUT2D eigenvalue weighted by Crippen LogP contribution is -2.33. The molecule has 0 saturated heterocycles. The minimum Gasteiger partial charge on any atom is -0.409 e. The summed E-state index contributed by atoms with van der Waals surface area (Å²) in [7, 11) is 0. The molecule has 5 nitrogen and oxygen atoms in total. The van der Waals surface area contributed by atoms with E-state index in [0.29, 0.717) is 0 Å². The normalized spacial score (nSPS) is 11.2. The molecule has 1 rings (SSSR count). The number of carbonyl (C=O) groups is 1. The van der Waals surface area contributed by atoms with E-state index in [0.717, 1.165) is 0 Å². The SMILES string of the molecule is N/C(CNC(=O)c1cccc(Cl)c1Cl)=N\O. The third kappa shape index (κ3) is 3.01. The lowest BCUT2D eigenvalue weighted by Gasteiger charge is -2.06. The van der Waals surface area contributed by atoms with Gasteiger partial charge in [-0.25, -0.2) is 0 Å². The zero-order valence-corrected chi connectivity index (χ0v) is 9.59. The topological polar surface area (TPSA) is 87.7 Å². The van der Waals surface area contributed by atoms with Gasteiger partial charge in [-0.3, -0.25) is 4.79 Å². The number of nitrogens with two attached hydrogens (primary N) is 1. The number of benzene rings is 1. The van der Waals surface area contributed by atoms with Crippen molar-refractivity contribution in [2.75, 3.05) is 6.54 Å². The van der Waals surface area contributed by atoms with E-state index >= 15 is 0 Å². The Morgan fingerprint density at radius 2 is 2.19 bits per heavy atom. The van der Waals surface area contributed by atoms with E-state index in [9.17, 15) is 4.79 Å². The Morgan fingerprint density at radius 1 is 1.50 bits per heavy atom. The second-order valence-corrected chi connectivity index (χ2v) is 3.66. The predicted molar refractivity (Wildman–Crippen MR) is 62.2 cm³/mol. The fourth-order valence-electron chi connectivity index (χ4n) is 0.981. The first-order chi connectivity index (χ1) is 7.56. The van der Waals surface area contributed by atoms with Crippen molar-refractivity contribution < 1.29 is 10.0 Å². The Hall–Kier alpha value is -1.46. The van der Waals surface area contributed by atoms with Crippen LogP contribution in [0.3, 0.4) is 0 Å². The first-order valence-electron chi connectivity index (χ1n) is 4.25. The highest BCUT2D eigenvalue weighted by Crippen LogP contribution is 2.25. The molecule has 16 heavy (non-hydrogen) atoms.